The van der Waals surface area contributed by atoms with Crippen molar-refractivity contribution in [2.24, 2.45) is 0 Å². The molecule has 2 aromatic heterocycles. The van der Waals surface area contributed by atoms with Gasteiger partial charge in [0, 0.05) is 24.3 Å². The van der Waals surface area contributed by atoms with E-state index in [9.17, 15) is 9.90 Å². The van der Waals surface area contributed by atoms with E-state index < -0.39 is 5.97 Å². The Labute approximate surface area is 120 Å². The van der Waals surface area contributed by atoms with Crippen LogP contribution in [0.15, 0.2) is 48.8 Å². The third-order valence-electron chi connectivity index (χ3n) is 3.06. The van der Waals surface area contributed by atoms with Gasteiger partial charge in [0.2, 0.25) is 0 Å². The first-order valence-electron chi connectivity index (χ1n) is 6.37. The number of carbonyl (C=O) groups is 1. The van der Waals surface area contributed by atoms with Gasteiger partial charge >= 0.3 is 5.97 Å². The van der Waals surface area contributed by atoms with Crippen molar-refractivity contribution in [1.82, 2.24) is 15.2 Å². The maximum absolute atomic E-state index is 11.3. The number of aromatic nitrogens is 3. The van der Waals surface area contributed by atoms with Gasteiger partial charge in [-0.15, -0.1) is 10.2 Å². The minimum Gasteiger partial charge on any atom is -0.476 e. The SMILES string of the molecule is O=C(O)c1nnc2ccccc2c1NCc1cccnc1. The molecular formula is C15H12N4O2. The molecule has 0 unspecified atom stereocenters. The minimum atomic E-state index is -1.11. The average molecular weight is 280 g/mol. The molecule has 0 atom stereocenters. The van der Waals surface area contributed by atoms with Gasteiger partial charge in [-0.2, -0.15) is 0 Å². The maximum Gasteiger partial charge on any atom is 0.358 e. The Kier molecular flexibility index (Phi) is 3.42. The summed E-state index contributed by atoms with van der Waals surface area (Å²) in [5, 5.41) is 20.9. The van der Waals surface area contributed by atoms with Crippen molar-refractivity contribution in [1.29, 1.82) is 0 Å². The lowest BCUT2D eigenvalue weighted by Gasteiger charge is -2.11. The molecule has 0 saturated heterocycles. The number of hydrogen-bond donors (Lipinski definition) is 2. The van der Waals surface area contributed by atoms with Crippen LogP contribution in [0.2, 0.25) is 0 Å². The van der Waals surface area contributed by atoms with Crippen LogP contribution in [0.25, 0.3) is 10.9 Å². The van der Waals surface area contributed by atoms with Crippen molar-refractivity contribution in [3.05, 3.63) is 60.0 Å². The third-order valence-corrected chi connectivity index (χ3v) is 3.06. The van der Waals surface area contributed by atoms with Crippen molar-refractivity contribution in [3.63, 3.8) is 0 Å². The minimum absolute atomic E-state index is 0.0856. The van der Waals surface area contributed by atoms with E-state index in [4.69, 9.17) is 0 Å². The summed E-state index contributed by atoms with van der Waals surface area (Å²) in [4.78, 5) is 15.4. The number of hydrogen-bond acceptors (Lipinski definition) is 5. The lowest BCUT2D eigenvalue weighted by molar-refractivity contribution is 0.0690. The monoisotopic (exact) mass is 280 g/mol. The van der Waals surface area contributed by atoms with Crippen LogP contribution < -0.4 is 5.32 Å². The number of benzene rings is 1. The van der Waals surface area contributed by atoms with Gasteiger partial charge in [-0.3, -0.25) is 4.98 Å². The Balaban J connectivity index is 2.02. The molecular weight excluding hydrogens is 268 g/mol. The topological polar surface area (TPSA) is 88.0 Å². The Bertz CT molecular complexity index is 790. The summed E-state index contributed by atoms with van der Waals surface area (Å²) < 4.78 is 0. The number of anilines is 1. The van der Waals surface area contributed by atoms with Gasteiger partial charge in [0.15, 0.2) is 5.69 Å². The van der Waals surface area contributed by atoms with Crippen LogP contribution in [0.4, 0.5) is 5.69 Å². The number of rotatable bonds is 4. The number of nitrogens with zero attached hydrogens (tertiary/aromatic N) is 3. The van der Waals surface area contributed by atoms with Crippen molar-refractivity contribution in [2.45, 2.75) is 6.54 Å². The molecule has 2 N–H and O–H groups in total. The van der Waals surface area contributed by atoms with Crippen LogP contribution in [-0.2, 0) is 6.54 Å². The molecule has 0 spiro atoms. The average Bonchev–Trinajstić information content (AvgIpc) is 2.53. The molecule has 0 aliphatic carbocycles. The molecule has 0 radical (unpaired) electrons. The summed E-state index contributed by atoms with van der Waals surface area (Å²) in [6, 6.07) is 11.0. The van der Waals surface area contributed by atoms with Crippen LogP contribution in [0.5, 0.6) is 0 Å². The van der Waals surface area contributed by atoms with E-state index in [0.717, 1.165) is 10.9 Å². The zero-order valence-corrected chi connectivity index (χ0v) is 11.0. The summed E-state index contributed by atoms with van der Waals surface area (Å²) in [6.07, 6.45) is 3.42. The molecule has 1 aromatic carbocycles. The first-order valence-corrected chi connectivity index (χ1v) is 6.37. The number of fused-ring (bicyclic) bond motifs is 1. The molecule has 0 aliphatic rings. The number of carboxylic acid groups (broad SMARTS) is 1. The summed E-state index contributed by atoms with van der Waals surface area (Å²) in [6.45, 7) is 0.462. The Morgan fingerprint density at radius 1 is 1.14 bits per heavy atom. The Hall–Kier alpha value is -3.02. The van der Waals surface area contributed by atoms with Gasteiger partial charge in [0.25, 0.3) is 0 Å². The van der Waals surface area contributed by atoms with E-state index in [0.29, 0.717) is 17.7 Å². The first kappa shape index (κ1) is 13.0. The molecule has 0 amide bonds. The Morgan fingerprint density at radius 2 is 2.00 bits per heavy atom. The van der Waals surface area contributed by atoms with Crippen LogP contribution in [0, 0.1) is 0 Å². The van der Waals surface area contributed by atoms with E-state index in [1.165, 1.54) is 0 Å². The van der Waals surface area contributed by atoms with Crippen molar-refractivity contribution in [2.75, 3.05) is 5.32 Å². The highest BCUT2D eigenvalue weighted by Crippen LogP contribution is 2.24. The third kappa shape index (κ3) is 2.64. The quantitative estimate of drug-likeness (QED) is 0.762. The van der Waals surface area contributed by atoms with Crippen LogP contribution in [0.1, 0.15) is 16.1 Å². The van der Waals surface area contributed by atoms with E-state index in [1.807, 2.05) is 30.3 Å². The highest BCUT2D eigenvalue weighted by molar-refractivity contribution is 6.02. The van der Waals surface area contributed by atoms with Gasteiger partial charge in [-0.25, -0.2) is 4.79 Å². The zero-order valence-electron chi connectivity index (χ0n) is 11.0. The number of carboxylic acids is 1. The molecule has 3 rings (SSSR count). The highest BCUT2D eigenvalue weighted by Gasteiger charge is 2.16. The zero-order chi connectivity index (χ0) is 14.7. The largest absolute Gasteiger partial charge is 0.476 e. The van der Waals surface area contributed by atoms with Gasteiger partial charge in [0.05, 0.1) is 11.2 Å². The molecule has 0 bridgehead atoms. The molecule has 6 nitrogen and oxygen atoms in total. The summed E-state index contributed by atoms with van der Waals surface area (Å²) in [5.74, 6) is -1.11. The van der Waals surface area contributed by atoms with E-state index in [1.54, 1.807) is 18.5 Å². The molecule has 3 aromatic rings. The van der Waals surface area contributed by atoms with Crippen LogP contribution in [0.3, 0.4) is 0 Å². The van der Waals surface area contributed by atoms with Gasteiger partial charge in [-0.05, 0) is 17.7 Å². The molecule has 21 heavy (non-hydrogen) atoms. The second-order valence-electron chi connectivity index (χ2n) is 4.46. The standard InChI is InChI=1S/C15H12N4O2/c20-15(21)14-13(17-9-10-4-3-7-16-8-10)11-5-1-2-6-12(11)18-19-14/h1-8H,9H2,(H,17,18)(H,20,21). The molecule has 0 saturated carbocycles. The maximum atomic E-state index is 11.3. The van der Waals surface area contributed by atoms with Gasteiger partial charge < -0.3 is 10.4 Å². The van der Waals surface area contributed by atoms with E-state index >= 15 is 0 Å². The molecule has 0 fully saturated rings. The lowest BCUT2D eigenvalue weighted by Crippen LogP contribution is -2.10. The highest BCUT2D eigenvalue weighted by atomic mass is 16.4. The molecule has 0 aliphatic heterocycles. The molecule has 6 heteroatoms. The number of nitrogens with one attached hydrogen (secondary N) is 1. The fourth-order valence-corrected chi connectivity index (χ4v) is 2.08. The van der Waals surface area contributed by atoms with Crippen molar-refractivity contribution in [3.8, 4) is 0 Å². The molecule has 104 valence electrons. The first-order chi connectivity index (χ1) is 10.3. The predicted octanol–water partition coefficient (Wildman–Crippen LogP) is 2.34. The van der Waals surface area contributed by atoms with E-state index in [-0.39, 0.29) is 5.69 Å². The van der Waals surface area contributed by atoms with Crippen molar-refractivity contribution >= 4 is 22.6 Å². The fourth-order valence-electron chi connectivity index (χ4n) is 2.08. The van der Waals surface area contributed by atoms with Crippen LogP contribution in [-0.4, -0.2) is 26.3 Å². The predicted molar refractivity (Wildman–Crippen MR) is 78.1 cm³/mol. The van der Waals surface area contributed by atoms with Gasteiger partial charge in [0.1, 0.15) is 0 Å². The number of aromatic carboxylic acids is 1. The van der Waals surface area contributed by atoms with Crippen LogP contribution >= 0.6 is 0 Å². The molecule has 2 heterocycles. The second kappa shape index (κ2) is 5.54. The summed E-state index contributed by atoms with van der Waals surface area (Å²) in [7, 11) is 0. The normalized spacial score (nSPS) is 10.5. The van der Waals surface area contributed by atoms with E-state index in [2.05, 4.69) is 20.5 Å². The smallest absolute Gasteiger partial charge is 0.358 e. The Morgan fingerprint density at radius 3 is 2.76 bits per heavy atom. The van der Waals surface area contributed by atoms with Crippen molar-refractivity contribution < 1.29 is 9.90 Å². The lowest BCUT2D eigenvalue weighted by atomic mass is 10.1. The second-order valence-corrected chi connectivity index (χ2v) is 4.46. The number of pyridine rings is 1. The van der Waals surface area contributed by atoms with Gasteiger partial charge in [-0.1, -0.05) is 24.3 Å². The summed E-state index contributed by atoms with van der Waals surface area (Å²) in [5.41, 5.74) is 1.99. The fraction of sp³-hybridized carbons (Fsp3) is 0.0667. The summed E-state index contributed by atoms with van der Waals surface area (Å²) >= 11 is 0.